The Morgan fingerprint density at radius 3 is 2.76 bits per heavy atom. The Labute approximate surface area is 149 Å². The predicted octanol–water partition coefficient (Wildman–Crippen LogP) is 2.61. The molecule has 1 N–H and O–H groups in total. The first-order chi connectivity index (χ1) is 12.2. The van der Waals surface area contributed by atoms with Crippen LogP contribution >= 0.6 is 0 Å². The lowest BCUT2D eigenvalue weighted by Crippen LogP contribution is -2.49. The first kappa shape index (κ1) is 17.9. The van der Waals surface area contributed by atoms with Gasteiger partial charge in [-0.2, -0.15) is 0 Å². The molecule has 25 heavy (non-hydrogen) atoms. The molecule has 2 aliphatic rings. The minimum absolute atomic E-state index is 0.0545. The number of likely N-dealkylation sites (tertiary alicyclic amines) is 1. The molecule has 0 bridgehead atoms. The lowest BCUT2D eigenvalue weighted by Gasteiger charge is -2.33. The lowest BCUT2D eigenvalue weighted by atomic mass is 9.96. The van der Waals surface area contributed by atoms with Gasteiger partial charge in [-0.05, 0) is 50.2 Å². The van der Waals surface area contributed by atoms with E-state index in [4.69, 9.17) is 4.74 Å². The highest BCUT2D eigenvalue weighted by molar-refractivity contribution is 5.94. The van der Waals surface area contributed by atoms with E-state index in [1.165, 1.54) is 0 Å². The van der Waals surface area contributed by atoms with E-state index in [1.807, 2.05) is 35.2 Å². The topological polar surface area (TPSA) is 58.6 Å². The Morgan fingerprint density at radius 1 is 1.16 bits per heavy atom. The van der Waals surface area contributed by atoms with E-state index in [0.717, 1.165) is 51.9 Å². The molecular formula is C20H28N2O3. The average molecular weight is 344 g/mol. The summed E-state index contributed by atoms with van der Waals surface area (Å²) >= 11 is 0. The number of hydrogen-bond acceptors (Lipinski definition) is 3. The Hall–Kier alpha value is -1.88. The molecule has 2 saturated heterocycles. The molecule has 2 heterocycles. The van der Waals surface area contributed by atoms with Crippen LogP contribution in [0.1, 0.15) is 48.9 Å². The molecule has 2 atom stereocenters. The van der Waals surface area contributed by atoms with Gasteiger partial charge in [-0.15, -0.1) is 0 Å². The maximum atomic E-state index is 12.6. The molecule has 0 spiro atoms. The van der Waals surface area contributed by atoms with Gasteiger partial charge >= 0.3 is 0 Å². The Balaban J connectivity index is 1.44. The van der Waals surface area contributed by atoms with Crippen LogP contribution in [0.5, 0.6) is 0 Å². The zero-order chi connectivity index (χ0) is 17.5. The largest absolute Gasteiger partial charge is 0.381 e. The third kappa shape index (κ3) is 5.30. The molecule has 5 nitrogen and oxygen atoms in total. The SMILES string of the molecule is O=C(CC[C@@H]1CCCOC1)N[C@H]1CCCN(C(=O)c2ccccc2)C1. The molecule has 3 rings (SSSR count). The Morgan fingerprint density at radius 2 is 2.00 bits per heavy atom. The number of nitrogens with zero attached hydrogens (tertiary/aromatic N) is 1. The number of carbonyl (C=O) groups is 2. The average Bonchev–Trinajstić information content (AvgIpc) is 2.67. The van der Waals surface area contributed by atoms with Crippen molar-refractivity contribution in [1.82, 2.24) is 10.2 Å². The molecule has 2 amide bonds. The number of piperidine rings is 1. The molecule has 0 radical (unpaired) electrons. The minimum atomic E-state index is 0.0545. The van der Waals surface area contributed by atoms with Gasteiger partial charge in [-0.1, -0.05) is 18.2 Å². The second kappa shape index (κ2) is 8.99. The fourth-order valence-corrected chi connectivity index (χ4v) is 3.71. The van der Waals surface area contributed by atoms with Crippen LogP contribution in [0.3, 0.4) is 0 Å². The number of hydrogen-bond donors (Lipinski definition) is 1. The van der Waals surface area contributed by atoms with Crippen LogP contribution in [0.25, 0.3) is 0 Å². The van der Waals surface area contributed by atoms with Crippen LogP contribution in [0.2, 0.25) is 0 Å². The van der Waals surface area contributed by atoms with Crippen molar-refractivity contribution in [3.05, 3.63) is 35.9 Å². The lowest BCUT2D eigenvalue weighted by molar-refractivity contribution is -0.122. The predicted molar refractivity (Wildman–Crippen MR) is 96.3 cm³/mol. The van der Waals surface area contributed by atoms with Crippen LogP contribution in [0.15, 0.2) is 30.3 Å². The molecule has 0 saturated carbocycles. The van der Waals surface area contributed by atoms with Gasteiger partial charge in [0.1, 0.15) is 0 Å². The van der Waals surface area contributed by atoms with E-state index < -0.39 is 0 Å². The quantitative estimate of drug-likeness (QED) is 0.893. The molecule has 136 valence electrons. The second-order valence-corrected chi connectivity index (χ2v) is 7.15. The maximum Gasteiger partial charge on any atom is 0.253 e. The molecule has 0 unspecified atom stereocenters. The van der Waals surface area contributed by atoms with Crippen molar-refractivity contribution >= 4 is 11.8 Å². The standard InChI is InChI=1S/C20H28N2O3/c23-19(11-10-16-6-5-13-25-15-16)21-18-9-4-12-22(14-18)20(24)17-7-2-1-3-8-17/h1-3,7-8,16,18H,4-6,9-15H2,(H,21,23)/t16-,18-/m0/s1. The highest BCUT2D eigenvalue weighted by atomic mass is 16.5. The number of benzene rings is 1. The zero-order valence-electron chi connectivity index (χ0n) is 14.8. The Kier molecular flexibility index (Phi) is 6.45. The van der Waals surface area contributed by atoms with Crippen molar-refractivity contribution in [1.29, 1.82) is 0 Å². The summed E-state index contributed by atoms with van der Waals surface area (Å²) < 4.78 is 5.47. The minimum Gasteiger partial charge on any atom is -0.381 e. The summed E-state index contributed by atoms with van der Waals surface area (Å²) in [7, 11) is 0. The van der Waals surface area contributed by atoms with Crippen LogP contribution in [-0.2, 0) is 9.53 Å². The van der Waals surface area contributed by atoms with Gasteiger partial charge in [0, 0.05) is 44.3 Å². The van der Waals surface area contributed by atoms with Gasteiger partial charge in [0.15, 0.2) is 0 Å². The molecule has 0 aromatic heterocycles. The molecule has 1 aromatic carbocycles. The van der Waals surface area contributed by atoms with Gasteiger partial charge in [0.2, 0.25) is 5.91 Å². The maximum absolute atomic E-state index is 12.6. The normalized spacial score (nSPS) is 23.9. The molecule has 2 aliphatic heterocycles. The zero-order valence-corrected chi connectivity index (χ0v) is 14.8. The van der Waals surface area contributed by atoms with Gasteiger partial charge in [-0.3, -0.25) is 9.59 Å². The van der Waals surface area contributed by atoms with E-state index in [2.05, 4.69) is 5.32 Å². The van der Waals surface area contributed by atoms with Crippen LogP contribution < -0.4 is 5.32 Å². The number of ether oxygens (including phenoxy) is 1. The number of amides is 2. The first-order valence-electron chi connectivity index (χ1n) is 9.44. The van der Waals surface area contributed by atoms with Crippen molar-refractivity contribution in [3.8, 4) is 0 Å². The summed E-state index contributed by atoms with van der Waals surface area (Å²) in [4.78, 5) is 26.7. The summed E-state index contributed by atoms with van der Waals surface area (Å²) in [6, 6.07) is 9.43. The molecule has 2 fully saturated rings. The summed E-state index contributed by atoms with van der Waals surface area (Å²) in [5.74, 6) is 0.672. The summed E-state index contributed by atoms with van der Waals surface area (Å²) in [6.07, 6.45) is 5.58. The van der Waals surface area contributed by atoms with Gasteiger partial charge in [-0.25, -0.2) is 0 Å². The second-order valence-electron chi connectivity index (χ2n) is 7.15. The van der Waals surface area contributed by atoms with Crippen LogP contribution in [-0.4, -0.2) is 49.1 Å². The van der Waals surface area contributed by atoms with Crippen LogP contribution in [0, 0.1) is 5.92 Å². The van der Waals surface area contributed by atoms with Crippen molar-refractivity contribution in [3.63, 3.8) is 0 Å². The van der Waals surface area contributed by atoms with Crippen molar-refractivity contribution in [2.24, 2.45) is 5.92 Å². The number of nitrogens with one attached hydrogen (secondary N) is 1. The van der Waals surface area contributed by atoms with Crippen LogP contribution in [0.4, 0.5) is 0 Å². The fourth-order valence-electron chi connectivity index (χ4n) is 3.71. The smallest absolute Gasteiger partial charge is 0.253 e. The van der Waals surface area contributed by atoms with Crippen molar-refractivity contribution in [2.45, 2.75) is 44.6 Å². The number of rotatable bonds is 5. The van der Waals surface area contributed by atoms with Gasteiger partial charge < -0.3 is 15.0 Å². The third-order valence-electron chi connectivity index (χ3n) is 5.13. The van der Waals surface area contributed by atoms with E-state index in [9.17, 15) is 9.59 Å². The van der Waals surface area contributed by atoms with E-state index in [-0.39, 0.29) is 17.9 Å². The van der Waals surface area contributed by atoms with Crippen molar-refractivity contribution < 1.29 is 14.3 Å². The van der Waals surface area contributed by atoms with Gasteiger partial charge in [0.05, 0.1) is 0 Å². The molecule has 0 aliphatic carbocycles. The number of carbonyl (C=O) groups excluding carboxylic acids is 2. The Bertz CT molecular complexity index is 570. The molecule has 5 heteroatoms. The van der Waals surface area contributed by atoms with E-state index in [0.29, 0.717) is 24.4 Å². The summed E-state index contributed by atoms with van der Waals surface area (Å²) in [5.41, 5.74) is 0.715. The first-order valence-corrected chi connectivity index (χ1v) is 9.44. The highest BCUT2D eigenvalue weighted by Crippen LogP contribution is 2.19. The molecular weight excluding hydrogens is 316 g/mol. The summed E-state index contributed by atoms with van der Waals surface area (Å²) in [6.45, 7) is 3.01. The highest BCUT2D eigenvalue weighted by Gasteiger charge is 2.25. The van der Waals surface area contributed by atoms with Crippen molar-refractivity contribution in [2.75, 3.05) is 26.3 Å². The van der Waals surface area contributed by atoms with E-state index in [1.54, 1.807) is 0 Å². The monoisotopic (exact) mass is 344 g/mol. The third-order valence-corrected chi connectivity index (χ3v) is 5.13. The van der Waals surface area contributed by atoms with E-state index >= 15 is 0 Å². The van der Waals surface area contributed by atoms with Gasteiger partial charge in [0.25, 0.3) is 5.91 Å². The molecule has 1 aromatic rings. The summed E-state index contributed by atoms with van der Waals surface area (Å²) in [5, 5.41) is 3.12. The fraction of sp³-hybridized carbons (Fsp3) is 0.600.